The first-order valence-electron chi connectivity index (χ1n) is 8.44. The van der Waals surface area contributed by atoms with E-state index in [2.05, 4.69) is 34.1 Å². The summed E-state index contributed by atoms with van der Waals surface area (Å²) in [5.41, 5.74) is 4.27. The second kappa shape index (κ2) is 6.03. The lowest BCUT2D eigenvalue weighted by molar-refractivity contribution is 0.0787. The summed E-state index contributed by atoms with van der Waals surface area (Å²) in [6, 6.07) is 12.4. The summed E-state index contributed by atoms with van der Waals surface area (Å²) in [6.07, 6.45) is 6.32. The van der Waals surface area contributed by atoms with Crippen molar-refractivity contribution in [1.82, 2.24) is 9.88 Å². The van der Waals surface area contributed by atoms with Gasteiger partial charge in [-0.3, -0.25) is 4.79 Å². The fraction of sp³-hybridized carbons (Fsp3) is 0.368. The molecule has 0 bridgehead atoms. The highest BCUT2D eigenvalue weighted by molar-refractivity contribution is 5.92. The van der Waals surface area contributed by atoms with E-state index in [-0.39, 0.29) is 5.91 Å². The Morgan fingerprint density at radius 3 is 2.57 bits per heavy atom. The van der Waals surface area contributed by atoms with Crippen LogP contribution in [0.3, 0.4) is 0 Å². The van der Waals surface area contributed by atoms with Crippen LogP contribution in [-0.4, -0.2) is 35.4 Å². The molecule has 0 saturated carbocycles. The highest BCUT2D eigenvalue weighted by Gasteiger charge is 2.22. The van der Waals surface area contributed by atoms with Gasteiger partial charge in [0.2, 0.25) is 0 Å². The Morgan fingerprint density at radius 2 is 1.78 bits per heavy atom. The molecule has 0 atom stereocenters. The van der Waals surface area contributed by atoms with Gasteiger partial charge in [-0.1, -0.05) is 18.2 Å². The Balaban J connectivity index is 1.58. The summed E-state index contributed by atoms with van der Waals surface area (Å²) in [6.45, 7) is 2.72. The minimum Gasteiger partial charge on any atom is -0.340 e. The number of amides is 1. The Bertz CT molecular complexity index is 705. The number of likely N-dealkylation sites (tertiary alicyclic amines) is 1. The van der Waals surface area contributed by atoms with Crippen molar-refractivity contribution in [3.63, 3.8) is 0 Å². The van der Waals surface area contributed by atoms with Crippen molar-refractivity contribution in [2.24, 2.45) is 0 Å². The maximum Gasteiger partial charge on any atom is 0.272 e. The largest absolute Gasteiger partial charge is 0.340 e. The van der Waals surface area contributed by atoms with E-state index >= 15 is 0 Å². The first kappa shape index (κ1) is 14.2. The topological polar surface area (TPSA) is 36.4 Å². The van der Waals surface area contributed by atoms with Gasteiger partial charge in [-0.15, -0.1) is 0 Å². The van der Waals surface area contributed by atoms with Gasteiger partial charge >= 0.3 is 0 Å². The van der Waals surface area contributed by atoms with Crippen molar-refractivity contribution in [2.45, 2.75) is 25.7 Å². The van der Waals surface area contributed by atoms with Crippen LogP contribution in [0.15, 0.2) is 42.6 Å². The van der Waals surface area contributed by atoms with Crippen LogP contribution in [0.2, 0.25) is 0 Å². The van der Waals surface area contributed by atoms with E-state index in [9.17, 15) is 4.79 Å². The van der Waals surface area contributed by atoms with Gasteiger partial charge in [0.25, 0.3) is 5.91 Å². The summed E-state index contributed by atoms with van der Waals surface area (Å²) < 4.78 is 0. The zero-order chi connectivity index (χ0) is 15.6. The number of rotatable bonds is 2. The number of hydrogen-bond donors (Lipinski definition) is 0. The number of carbonyl (C=O) groups is 1. The first-order chi connectivity index (χ1) is 11.3. The van der Waals surface area contributed by atoms with Crippen molar-refractivity contribution in [1.29, 1.82) is 0 Å². The van der Waals surface area contributed by atoms with E-state index in [1.54, 1.807) is 0 Å². The Labute approximate surface area is 136 Å². The lowest BCUT2D eigenvalue weighted by atomic mass is 10.0. The standard InChI is InChI=1S/C19H21N3O/c23-19(21-11-3-4-12-21)17-10-9-16(14-20-17)22-13-5-7-15-6-1-2-8-18(15)22/h1-2,6,8-10,14H,3-5,7,11-13H2. The average Bonchev–Trinajstić information content (AvgIpc) is 3.15. The van der Waals surface area contributed by atoms with E-state index in [0.717, 1.165) is 51.0 Å². The van der Waals surface area contributed by atoms with Crippen molar-refractivity contribution in [3.05, 3.63) is 53.9 Å². The molecule has 0 unspecified atom stereocenters. The normalized spacial score (nSPS) is 17.2. The molecule has 4 nitrogen and oxygen atoms in total. The molecule has 118 valence electrons. The molecular weight excluding hydrogens is 286 g/mol. The zero-order valence-corrected chi connectivity index (χ0v) is 13.2. The smallest absolute Gasteiger partial charge is 0.272 e. The predicted octanol–water partition coefficient (Wildman–Crippen LogP) is 3.40. The van der Waals surface area contributed by atoms with E-state index in [0.29, 0.717) is 5.69 Å². The number of fused-ring (bicyclic) bond motifs is 1. The summed E-state index contributed by atoms with van der Waals surface area (Å²) in [5, 5.41) is 0. The van der Waals surface area contributed by atoms with Gasteiger partial charge < -0.3 is 9.80 Å². The number of carbonyl (C=O) groups excluding carboxylic acids is 1. The minimum absolute atomic E-state index is 0.0631. The number of benzene rings is 1. The third kappa shape index (κ3) is 2.69. The van der Waals surface area contributed by atoms with Crippen molar-refractivity contribution >= 4 is 17.3 Å². The molecule has 0 spiro atoms. The van der Waals surface area contributed by atoms with Crippen LogP contribution in [0.1, 0.15) is 35.3 Å². The van der Waals surface area contributed by atoms with Gasteiger partial charge in [0.05, 0.1) is 11.9 Å². The van der Waals surface area contributed by atoms with Gasteiger partial charge in [0, 0.05) is 25.3 Å². The Morgan fingerprint density at radius 1 is 0.957 bits per heavy atom. The highest BCUT2D eigenvalue weighted by atomic mass is 16.2. The highest BCUT2D eigenvalue weighted by Crippen LogP contribution is 2.32. The van der Waals surface area contributed by atoms with Crippen LogP contribution >= 0.6 is 0 Å². The van der Waals surface area contributed by atoms with E-state index in [1.165, 1.54) is 11.3 Å². The first-order valence-corrected chi connectivity index (χ1v) is 8.44. The number of para-hydroxylation sites is 1. The molecule has 1 fully saturated rings. The van der Waals surface area contributed by atoms with Crippen molar-refractivity contribution in [2.75, 3.05) is 24.5 Å². The lowest BCUT2D eigenvalue weighted by Gasteiger charge is -2.31. The SMILES string of the molecule is O=C(c1ccc(N2CCCc3ccccc32)cn1)N1CCCC1. The van der Waals surface area contributed by atoms with Crippen LogP contribution in [-0.2, 0) is 6.42 Å². The molecular formula is C19H21N3O. The molecule has 4 heteroatoms. The van der Waals surface area contributed by atoms with E-state index in [4.69, 9.17) is 0 Å². The van der Waals surface area contributed by atoms with Gasteiger partial charge in [0.15, 0.2) is 0 Å². The van der Waals surface area contributed by atoms with Crippen LogP contribution in [0, 0.1) is 0 Å². The third-order valence-electron chi connectivity index (χ3n) is 4.78. The van der Waals surface area contributed by atoms with E-state index < -0.39 is 0 Å². The predicted molar refractivity (Wildman–Crippen MR) is 91.1 cm³/mol. The van der Waals surface area contributed by atoms with Crippen molar-refractivity contribution < 1.29 is 4.79 Å². The molecule has 0 radical (unpaired) electrons. The summed E-state index contributed by atoms with van der Waals surface area (Å²) >= 11 is 0. The van der Waals surface area contributed by atoms with Crippen LogP contribution in [0.4, 0.5) is 11.4 Å². The molecule has 1 amide bonds. The molecule has 3 heterocycles. The molecule has 1 saturated heterocycles. The summed E-state index contributed by atoms with van der Waals surface area (Å²) in [4.78, 5) is 21.0. The Kier molecular flexibility index (Phi) is 3.74. The maximum absolute atomic E-state index is 12.4. The summed E-state index contributed by atoms with van der Waals surface area (Å²) in [7, 11) is 0. The van der Waals surface area contributed by atoms with Crippen LogP contribution in [0.25, 0.3) is 0 Å². The van der Waals surface area contributed by atoms with Crippen LogP contribution < -0.4 is 4.90 Å². The third-order valence-corrected chi connectivity index (χ3v) is 4.78. The molecule has 4 rings (SSSR count). The van der Waals surface area contributed by atoms with Gasteiger partial charge in [-0.25, -0.2) is 4.98 Å². The average molecular weight is 307 g/mol. The van der Waals surface area contributed by atoms with Gasteiger partial charge in [0.1, 0.15) is 5.69 Å². The molecule has 23 heavy (non-hydrogen) atoms. The van der Waals surface area contributed by atoms with Gasteiger partial charge in [-0.05, 0) is 49.4 Å². The fourth-order valence-corrected chi connectivity index (χ4v) is 3.56. The van der Waals surface area contributed by atoms with E-state index in [1.807, 2.05) is 23.2 Å². The number of aryl methyl sites for hydroxylation is 1. The molecule has 2 aromatic rings. The molecule has 1 aromatic heterocycles. The second-order valence-electron chi connectivity index (χ2n) is 6.28. The van der Waals surface area contributed by atoms with Gasteiger partial charge in [-0.2, -0.15) is 0 Å². The number of nitrogens with zero attached hydrogens (tertiary/aromatic N) is 3. The quantitative estimate of drug-likeness (QED) is 0.853. The molecule has 0 N–H and O–H groups in total. The maximum atomic E-state index is 12.4. The summed E-state index contributed by atoms with van der Waals surface area (Å²) in [5.74, 6) is 0.0631. The van der Waals surface area contributed by atoms with Crippen molar-refractivity contribution in [3.8, 4) is 0 Å². The minimum atomic E-state index is 0.0631. The number of anilines is 2. The monoisotopic (exact) mass is 307 g/mol. The fourth-order valence-electron chi connectivity index (χ4n) is 3.56. The molecule has 1 aromatic carbocycles. The zero-order valence-electron chi connectivity index (χ0n) is 13.2. The number of aromatic nitrogens is 1. The Hall–Kier alpha value is -2.36. The molecule has 0 aliphatic carbocycles. The van der Waals surface area contributed by atoms with Crippen LogP contribution in [0.5, 0.6) is 0 Å². The number of pyridine rings is 1. The number of hydrogen-bond acceptors (Lipinski definition) is 3. The molecule has 2 aliphatic heterocycles. The molecule has 2 aliphatic rings. The lowest BCUT2D eigenvalue weighted by Crippen LogP contribution is -2.28. The second-order valence-corrected chi connectivity index (χ2v) is 6.28.